The van der Waals surface area contributed by atoms with Crippen LogP contribution in [0.5, 0.6) is 5.75 Å². The smallest absolute Gasteiger partial charge is 0.125 e. The van der Waals surface area contributed by atoms with Crippen LogP contribution in [0.2, 0.25) is 0 Å². The molecule has 0 spiro atoms. The second-order valence-electron chi connectivity index (χ2n) is 6.74. The Morgan fingerprint density at radius 2 is 1.42 bits per heavy atom. The maximum atomic E-state index is 9.02. The van der Waals surface area contributed by atoms with Crippen LogP contribution in [0.1, 0.15) is 11.1 Å². The van der Waals surface area contributed by atoms with Gasteiger partial charge in [-0.05, 0) is 81.9 Å². The third-order valence-electron chi connectivity index (χ3n) is 4.86. The van der Waals surface area contributed by atoms with Crippen molar-refractivity contribution >= 4 is 21.5 Å². The Morgan fingerprint density at radius 1 is 0.769 bits per heavy atom. The van der Waals surface area contributed by atoms with Gasteiger partial charge in [0.2, 0.25) is 0 Å². The number of fused-ring (bicyclic) bond motifs is 2. The number of rotatable bonds is 4. The molecule has 0 saturated heterocycles. The molecule has 0 aromatic heterocycles. The Bertz CT molecular complexity index is 1070. The Morgan fingerprint density at radius 3 is 2.12 bits per heavy atom. The molecule has 0 saturated carbocycles. The van der Waals surface area contributed by atoms with Crippen LogP contribution in [0, 0.1) is 13.8 Å². The minimum Gasteiger partial charge on any atom is -0.491 e. The van der Waals surface area contributed by atoms with Gasteiger partial charge in [-0.2, -0.15) is 0 Å². The van der Waals surface area contributed by atoms with Crippen LogP contribution < -0.4 is 4.74 Å². The summed E-state index contributed by atoms with van der Waals surface area (Å²) >= 11 is 0. The van der Waals surface area contributed by atoms with Gasteiger partial charge in [0.1, 0.15) is 12.4 Å². The highest BCUT2D eigenvalue weighted by molar-refractivity contribution is 6.05. The third kappa shape index (κ3) is 2.93. The van der Waals surface area contributed by atoms with E-state index in [9.17, 15) is 0 Å². The van der Waals surface area contributed by atoms with E-state index in [1.807, 2.05) is 0 Å². The van der Waals surface area contributed by atoms with Gasteiger partial charge in [-0.15, -0.1) is 0 Å². The maximum Gasteiger partial charge on any atom is 0.125 e. The van der Waals surface area contributed by atoms with Crippen molar-refractivity contribution in [3.05, 3.63) is 77.9 Å². The molecule has 0 heterocycles. The molecule has 0 aliphatic rings. The SMILES string of the molecule is Cc1cc(-c2cccc3cc4ccccc4cc23)cc(C)c1OCCO. The Kier molecular flexibility index (Phi) is 4.36. The van der Waals surface area contributed by atoms with E-state index < -0.39 is 0 Å². The Hall–Kier alpha value is -2.84. The van der Waals surface area contributed by atoms with Crippen molar-refractivity contribution in [1.82, 2.24) is 0 Å². The Labute approximate surface area is 153 Å². The lowest BCUT2D eigenvalue weighted by atomic mass is 9.93. The highest BCUT2D eigenvalue weighted by Crippen LogP contribution is 2.35. The molecule has 0 aliphatic heterocycles. The normalized spacial score (nSPS) is 11.2. The van der Waals surface area contributed by atoms with E-state index in [0.717, 1.165) is 16.9 Å². The van der Waals surface area contributed by atoms with Crippen LogP contribution in [0.25, 0.3) is 32.7 Å². The third-order valence-corrected chi connectivity index (χ3v) is 4.86. The van der Waals surface area contributed by atoms with Crippen molar-refractivity contribution in [3.8, 4) is 16.9 Å². The Balaban J connectivity index is 1.90. The number of ether oxygens (including phenoxy) is 1. The lowest BCUT2D eigenvalue weighted by Gasteiger charge is -2.15. The fraction of sp³-hybridized carbons (Fsp3) is 0.167. The zero-order chi connectivity index (χ0) is 18.1. The van der Waals surface area contributed by atoms with Gasteiger partial charge in [0.15, 0.2) is 0 Å². The molecule has 0 aliphatic carbocycles. The molecule has 26 heavy (non-hydrogen) atoms. The van der Waals surface area contributed by atoms with E-state index in [1.54, 1.807) is 0 Å². The van der Waals surface area contributed by atoms with Crippen LogP contribution in [0.4, 0.5) is 0 Å². The summed E-state index contributed by atoms with van der Waals surface area (Å²) in [6.07, 6.45) is 0. The standard InChI is InChI=1S/C24H22O2/c1-16-12-21(13-17(2)24(16)26-11-10-25)22-9-5-8-20-14-18-6-3-4-7-19(18)15-23(20)22/h3-9,12-15,25H,10-11H2,1-2H3. The first kappa shape index (κ1) is 16.6. The summed E-state index contributed by atoms with van der Waals surface area (Å²) in [5.74, 6) is 0.869. The van der Waals surface area contributed by atoms with Crippen molar-refractivity contribution < 1.29 is 9.84 Å². The van der Waals surface area contributed by atoms with Crippen molar-refractivity contribution in [3.63, 3.8) is 0 Å². The molecule has 2 nitrogen and oxygen atoms in total. The van der Waals surface area contributed by atoms with Crippen molar-refractivity contribution in [2.24, 2.45) is 0 Å². The number of aliphatic hydroxyl groups excluding tert-OH is 1. The molecule has 0 amide bonds. The van der Waals surface area contributed by atoms with Gasteiger partial charge in [-0.25, -0.2) is 0 Å². The maximum absolute atomic E-state index is 9.02. The topological polar surface area (TPSA) is 29.5 Å². The van der Waals surface area contributed by atoms with E-state index in [4.69, 9.17) is 9.84 Å². The van der Waals surface area contributed by atoms with Gasteiger partial charge in [0.05, 0.1) is 6.61 Å². The average Bonchev–Trinajstić information content (AvgIpc) is 2.65. The zero-order valence-corrected chi connectivity index (χ0v) is 15.1. The first-order valence-corrected chi connectivity index (χ1v) is 8.94. The number of aliphatic hydroxyl groups is 1. The summed E-state index contributed by atoms with van der Waals surface area (Å²) in [5.41, 5.74) is 4.60. The van der Waals surface area contributed by atoms with Gasteiger partial charge in [-0.1, -0.05) is 42.5 Å². The highest BCUT2D eigenvalue weighted by Gasteiger charge is 2.10. The van der Waals surface area contributed by atoms with Crippen molar-refractivity contribution in [1.29, 1.82) is 0 Å². The van der Waals surface area contributed by atoms with E-state index in [0.29, 0.717) is 6.61 Å². The van der Waals surface area contributed by atoms with E-state index >= 15 is 0 Å². The lowest BCUT2D eigenvalue weighted by Crippen LogP contribution is -2.04. The molecule has 130 valence electrons. The van der Waals surface area contributed by atoms with Crippen LogP contribution >= 0.6 is 0 Å². The summed E-state index contributed by atoms with van der Waals surface area (Å²) in [6, 6.07) is 23.8. The number of hydrogen-bond acceptors (Lipinski definition) is 2. The van der Waals surface area contributed by atoms with Crippen molar-refractivity contribution in [2.45, 2.75) is 13.8 Å². The first-order valence-electron chi connectivity index (χ1n) is 8.94. The van der Waals surface area contributed by atoms with Gasteiger partial charge in [-0.3, -0.25) is 0 Å². The van der Waals surface area contributed by atoms with Crippen molar-refractivity contribution in [2.75, 3.05) is 13.2 Å². The van der Waals surface area contributed by atoms with Gasteiger partial charge in [0, 0.05) is 0 Å². The molecule has 0 fully saturated rings. The summed E-state index contributed by atoms with van der Waals surface area (Å²) < 4.78 is 5.70. The van der Waals surface area contributed by atoms with Crippen LogP contribution in [0.3, 0.4) is 0 Å². The van der Waals surface area contributed by atoms with Gasteiger partial charge in [0.25, 0.3) is 0 Å². The predicted molar refractivity (Wildman–Crippen MR) is 109 cm³/mol. The molecule has 4 rings (SSSR count). The zero-order valence-electron chi connectivity index (χ0n) is 15.1. The van der Waals surface area contributed by atoms with Gasteiger partial charge >= 0.3 is 0 Å². The largest absolute Gasteiger partial charge is 0.491 e. The molecular weight excluding hydrogens is 320 g/mol. The number of hydrogen-bond donors (Lipinski definition) is 1. The first-order chi connectivity index (χ1) is 12.7. The van der Waals surface area contributed by atoms with Crippen LogP contribution in [-0.2, 0) is 0 Å². The molecule has 0 unspecified atom stereocenters. The summed E-state index contributed by atoms with van der Waals surface area (Å²) in [4.78, 5) is 0. The number of aryl methyl sites for hydroxylation is 2. The molecule has 4 aromatic rings. The second-order valence-corrected chi connectivity index (χ2v) is 6.74. The molecule has 0 atom stereocenters. The quantitative estimate of drug-likeness (QED) is 0.486. The minimum absolute atomic E-state index is 0.0248. The number of benzene rings is 4. The minimum atomic E-state index is 0.0248. The lowest BCUT2D eigenvalue weighted by molar-refractivity contribution is 0.200. The molecule has 0 bridgehead atoms. The molecule has 4 aromatic carbocycles. The van der Waals surface area contributed by atoms with Gasteiger partial charge < -0.3 is 9.84 Å². The van der Waals surface area contributed by atoms with E-state index in [-0.39, 0.29) is 6.61 Å². The summed E-state index contributed by atoms with van der Waals surface area (Å²) in [7, 11) is 0. The fourth-order valence-corrected chi connectivity index (χ4v) is 3.70. The second kappa shape index (κ2) is 6.81. The van der Waals surface area contributed by atoms with Crippen LogP contribution in [-0.4, -0.2) is 18.3 Å². The molecule has 2 heteroatoms. The monoisotopic (exact) mass is 342 g/mol. The summed E-state index contributed by atoms with van der Waals surface area (Å²) in [5, 5.41) is 14.0. The molecular formula is C24H22O2. The fourth-order valence-electron chi connectivity index (χ4n) is 3.70. The van der Waals surface area contributed by atoms with Crippen LogP contribution in [0.15, 0.2) is 66.7 Å². The molecule has 0 radical (unpaired) electrons. The van der Waals surface area contributed by atoms with E-state index in [2.05, 4.69) is 80.6 Å². The average molecular weight is 342 g/mol. The predicted octanol–water partition coefficient (Wildman–Crippen LogP) is 5.65. The highest BCUT2D eigenvalue weighted by atomic mass is 16.5. The summed E-state index contributed by atoms with van der Waals surface area (Å²) in [6.45, 7) is 4.46. The van der Waals surface area contributed by atoms with E-state index in [1.165, 1.54) is 32.7 Å². The molecule has 1 N–H and O–H groups in total.